The first kappa shape index (κ1) is 22.4. The molecule has 0 saturated carbocycles. The van der Waals surface area contributed by atoms with Gasteiger partial charge in [0.2, 0.25) is 5.91 Å². The summed E-state index contributed by atoms with van der Waals surface area (Å²) in [4.78, 5) is 30.4. The molecule has 0 unspecified atom stereocenters. The number of fused-ring (bicyclic) bond motifs is 2. The molecule has 2 aliphatic heterocycles. The third-order valence-electron chi connectivity index (χ3n) is 6.26. The average molecular weight is 490 g/mol. The average Bonchev–Trinajstić information content (AvgIpc) is 3.54. The van der Waals surface area contributed by atoms with Crippen molar-refractivity contribution in [3.63, 3.8) is 0 Å². The molecule has 1 fully saturated rings. The summed E-state index contributed by atoms with van der Waals surface area (Å²) in [6.07, 6.45) is -1.93. The Kier molecular flexibility index (Phi) is 5.55. The van der Waals surface area contributed by atoms with E-state index in [0.29, 0.717) is 42.2 Å². The second-order valence-corrected chi connectivity index (χ2v) is 8.72. The van der Waals surface area contributed by atoms with Crippen LogP contribution in [0.1, 0.15) is 24.0 Å². The van der Waals surface area contributed by atoms with Crippen LogP contribution >= 0.6 is 11.6 Å². The fourth-order valence-electron chi connectivity index (χ4n) is 4.49. The Hall–Kier alpha value is -3.40. The number of hydrogen-bond donors (Lipinski definition) is 0. The Labute approximate surface area is 197 Å². The smallest absolute Gasteiger partial charge is 0.342 e. The summed E-state index contributed by atoms with van der Waals surface area (Å²) in [6, 6.07) is 10.7. The van der Waals surface area contributed by atoms with E-state index in [-0.39, 0.29) is 18.0 Å². The van der Waals surface area contributed by atoms with Crippen molar-refractivity contribution in [2.24, 2.45) is 5.29 Å². The van der Waals surface area contributed by atoms with Crippen LogP contribution in [0.4, 0.5) is 24.5 Å². The molecule has 2 aromatic carbocycles. The molecule has 0 aliphatic carbocycles. The van der Waals surface area contributed by atoms with Gasteiger partial charge in [-0.1, -0.05) is 23.7 Å². The van der Waals surface area contributed by atoms with Crippen LogP contribution in [0.3, 0.4) is 0 Å². The molecular weight excluding hydrogens is 471 g/mol. The number of aromatic nitrogens is 1. The normalized spacial score (nSPS) is 15.9. The molecule has 7 nitrogen and oxygen atoms in total. The van der Waals surface area contributed by atoms with Crippen LogP contribution in [0.15, 0.2) is 53.9 Å². The predicted octanol–water partition coefficient (Wildman–Crippen LogP) is 5.49. The van der Waals surface area contributed by atoms with Gasteiger partial charge in [0.05, 0.1) is 34.5 Å². The van der Waals surface area contributed by atoms with Crippen LogP contribution in [-0.4, -0.2) is 40.0 Å². The molecular formula is C23H19ClF3N5O2. The number of pyridine rings is 1. The predicted molar refractivity (Wildman–Crippen MR) is 121 cm³/mol. The maximum Gasteiger partial charge on any atom is 0.418 e. The van der Waals surface area contributed by atoms with Crippen LogP contribution < -0.4 is 5.01 Å². The van der Waals surface area contributed by atoms with E-state index in [1.54, 1.807) is 17.2 Å². The van der Waals surface area contributed by atoms with Crippen molar-refractivity contribution < 1.29 is 18.0 Å². The van der Waals surface area contributed by atoms with Crippen LogP contribution in [0, 0.1) is 4.91 Å². The Morgan fingerprint density at radius 1 is 1.18 bits per heavy atom. The lowest BCUT2D eigenvalue weighted by molar-refractivity contribution is -0.137. The van der Waals surface area contributed by atoms with Crippen molar-refractivity contribution in [1.29, 1.82) is 0 Å². The monoisotopic (exact) mass is 489 g/mol. The largest absolute Gasteiger partial charge is 0.418 e. The molecule has 3 aromatic rings. The maximum absolute atomic E-state index is 13.3. The van der Waals surface area contributed by atoms with Crippen molar-refractivity contribution in [2.45, 2.75) is 31.5 Å². The van der Waals surface area contributed by atoms with E-state index in [2.05, 4.69) is 10.3 Å². The first-order chi connectivity index (χ1) is 16.3. The van der Waals surface area contributed by atoms with E-state index in [9.17, 15) is 22.9 Å². The summed E-state index contributed by atoms with van der Waals surface area (Å²) in [6.45, 7) is 0.719. The quantitative estimate of drug-likeness (QED) is 0.269. The number of hydrogen-bond acceptors (Lipinski definition) is 5. The number of para-hydroxylation sites is 1. The van der Waals surface area contributed by atoms with Crippen molar-refractivity contribution in [2.75, 3.05) is 18.1 Å². The van der Waals surface area contributed by atoms with E-state index in [4.69, 9.17) is 11.6 Å². The third-order valence-corrected chi connectivity index (χ3v) is 6.61. The van der Waals surface area contributed by atoms with Crippen LogP contribution in [0.5, 0.6) is 0 Å². The highest BCUT2D eigenvalue weighted by Gasteiger charge is 2.48. The lowest BCUT2D eigenvalue weighted by Gasteiger charge is -2.36. The summed E-state index contributed by atoms with van der Waals surface area (Å²) in [5.74, 6) is -0.108. The Balaban J connectivity index is 1.23. The summed E-state index contributed by atoms with van der Waals surface area (Å²) in [5.41, 5.74) is 0.913. The van der Waals surface area contributed by atoms with E-state index >= 15 is 0 Å². The SMILES string of the molecule is O=NN(C1CCN(C(=O)Cc2cc3cccnc3cc2Cl)CC1)N1c2cccc(C(F)(F)F)c21. The Morgan fingerprint density at radius 2 is 1.94 bits per heavy atom. The number of carbonyl (C=O) groups excluding carboxylic acids is 1. The molecule has 0 atom stereocenters. The summed E-state index contributed by atoms with van der Waals surface area (Å²) in [7, 11) is 0. The number of piperidine rings is 1. The number of benzene rings is 2. The van der Waals surface area contributed by atoms with Crippen LogP contribution in [-0.2, 0) is 17.4 Å². The molecule has 1 saturated heterocycles. The van der Waals surface area contributed by atoms with Gasteiger partial charge in [-0.2, -0.15) is 18.3 Å². The minimum atomic E-state index is -4.52. The standard InChI is InChI=1S/C23H19ClF3N5O2/c24-18-13-19-14(3-2-8-28-19)11-15(18)12-21(33)30-9-6-16(7-10-30)32(29-34)31-20-5-1-4-17(22(20)31)23(25,26)27/h1-5,8,11,13,16H,6-7,9-10,12H2. The molecule has 0 N–H and O–H groups in total. The zero-order chi connectivity index (χ0) is 24.0. The van der Waals surface area contributed by atoms with E-state index in [1.165, 1.54) is 17.1 Å². The molecule has 176 valence electrons. The molecule has 34 heavy (non-hydrogen) atoms. The number of likely N-dealkylation sites (tertiary alicyclic amines) is 1. The van der Waals surface area contributed by atoms with Gasteiger partial charge in [-0.15, -0.1) is 4.91 Å². The number of hydrazine groups is 1. The lowest BCUT2D eigenvalue weighted by atomic mass is 10.0. The number of amides is 1. The zero-order valence-corrected chi connectivity index (χ0v) is 18.6. The molecule has 1 aromatic heterocycles. The molecule has 0 spiro atoms. The van der Waals surface area contributed by atoms with Gasteiger partial charge in [-0.05, 0) is 48.7 Å². The summed E-state index contributed by atoms with van der Waals surface area (Å²) in [5, 5.41) is 6.63. The van der Waals surface area contributed by atoms with Gasteiger partial charge in [0.25, 0.3) is 0 Å². The first-order valence-electron chi connectivity index (χ1n) is 10.7. The topological polar surface area (TPSA) is 68.9 Å². The minimum absolute atomic E-state index is 0.0476. The van der Waals surface area contributed by atoms with Crippen LogP contribution in [0.25, 0.3) is 10.9 Å². The summed E-state index contributed by atoms with van der Waals surface area (Å²) < 4.78 is 39.9. The van der Waals surface area contributed by atoms with Gasteiger partial charge in [-0.25, -0.2) is 5.01 Å². The number of halogens is 4. The number of nitroso groups, excluding NO2 is 1. The van der Waals surface area contributed by atoms with Crippen molar-refractivity contribution in [3.8, 4) is 0 Å². The van der Waals surface area contributed by atoms with E-state index < -0.39 is 17.8 Å². The number of rotatable bonds is 5. The van der Waals surface area contributed by atoms with Crippen molar-refractivity contribution in [3.05, 3.63) is 69.7 Å². The minimum Gasteiger partial charge on any atom is -0.342 e. The Bertz CT molecular complexity index is 1280. The van der Waals surface area contributed by atoms with Gasteiger partial charge in [0, 0.05) is 29.7 Å². The van der Waals surface area contributed by atoms with Gasteiger partial charge >= 0.3 is 6.18 Å². The fourth-order valence-corrected chi connectivity index (χ4v) is 4.72. The second-order valence-electron chi connectivity index (χ2n) is 8.31. The highest BCUT2D eigenvalue weighted by molar-refractivity contribution is 6.32. The summed E-state index contributed by atoms with van der Waals surface area (Å²) >= 11 is 6.35. The molecule has 3 heterocycles. The van der Waals surface area contributed by atoms with Crippen LogP contribution in [0.2, 0.25) is 5.02 Å². The number of alkyl halides is 3. The molecule has 2 aliphatic rings. The molecule has 0 radical (unpaired) electrons. The number of anilines is 2. The van der Waals surface area contributed by atoms with Gasteiger partial charge in [0.15, 0.2) is 0 Å². The van der Waals surface area contributed by atoms with Gasteiger partial charge in [-0.3, -0.25) is 9.78 Å². The number of nitrogens with zero attached hydrogens (tertiary/aromatic N) is 5. The molecule has 11 heteroatoms. The van der Waals surface area contributed by atoms with Crippen molar-refractivity contribution in [1.82, 2.24) is 15.0 Å². The highest BCUT2D eigenvalue weighted by Crippen LogP contribution is 2.56. The second kappa shape index (κ2) is 8.43. The molecule has 1 amide bonds. The molecule has 5 rings (SSSR count). The lowest BCUT2D eigenvalue weighted by Crippen LogP contribution is -2.47. The van der Waals surface area contributed by atoms with E-state index in [0.717, 1.165) is 22.1 Å². The Morgan fingerprint density at radius 3 is 2.65 bits per heavy atom. The fraction of sp³-hybridized carbons (Fsp3) is 0.304. The highest BCUT2D eigenvalue weighted by atomic mass is 35.5. The third kappa shape index (κ3) is 4.02. The number of carbonyl (C=O) groups is 1. The maximum atomic E-state index is 13.3. The van der Waals surface area contributed by atoms with Crippen molar-refractivity contribution >= 4 is 39.8 Å². The van der Waals surface area contributed by atoms with Gasteiger partial charge < -0.3 is 4.90 Å². The first-order valence-corrected chi connectivity index (χ1v) is 11.1. The zero-order valence-electron chi connectivity index (χ0n) is 17.8. The van der Waals surface area contributed by atoms with Gasteiger partial charge in [0.1, 0.15) is 5.69 Å². The van der Waals surface area contributed by atoms with E-state index in [1.807, 2.05) is 18.2 Å². The molecule has 0 bridgehead atoms.